The molecule has 1 heterocycles. The average Bonchev–Trinajstić information content (AvgIpc) is 3.17. The molecule has 0 unspecified atom stereocenters. The Morgan fingerprint density at radius 2 is 1.90 bits per heavy atom. The van der Waals surface area contributed by atoms with Gasteiger partial charge in [0.05, 0.1) is 0 Å². The molecule has 1 aromatic carbocycles. The van der Waals surface area contributed by atoms with Gasteiger partial charge in [0.25, 0.3) is 0 Å². The van der Waals surface area contributed by atoms with Gasteiger partial charge in [0, 0.05) is 18.3 Å². The van der Waals surface area contributed by atoms with Gasteiger partial charge in [-0.15, -0.1) is 0 Å². The predicted octanol–water partition coefficient (Wildman–Crippen LogP) is 2.72. The van der Waals surface area contributed by atoms with Crippen molar-refractivity contribution in [1.29, 1.82) is 0 Å². The lowest BCUT2D eigenvalue weighted by molar-refractivity contribution is 0.230. The van der Waals surface area contributed by atoms with Crippen molar-refractivity contribution in [3.63, 3.8) is 0 Å². The topological polar surface area (TPSA) is 32.5 Å². The van der Waals surface area contributed by atoms with Gasteiger partial charge in [0.1, 0.15) is 0 Å². The zero-order valence-corrected chi connectivity index (χ0v) is 12.4. The molecule has 0 aromatic heterocycles. The van der Waals surface area contributed by atoms with Crippen LogP contribution in [0.2, 0.25) is 0 Å². The molecule has 2 aliphatic rings. The van der Waals surface area contributed by atoms with Crippen LogP contribution < -0.4 is 5.73 Å². The van der Waals surface area contributed by atoms with E-state index in [2.05, 4.69) is 21.9 Å². The average molecular weight is 273 g/mol. The number of likely N-dealkylation sites (tertiary alicyclic amines) is 1. The van der Waals surface area contributed by atoms with Crippen molar-refractivity contribution in [3.05, 3.63) is 29.8 Å². The van der Waals surface area contributed by atoms with Gasteiger partial charge < -0.3 is 10.6 Å². The van der Waals surface area contributed by atoms with Crippen LogP contribution in [0.5, 0.6) is 0 Å². The molecule has 20 heavy (non-hydrogen) atoms. The van der Waals surface area contributed by atoms with Crippen molar-refractivity contribution in [2.75, 3.05) is 31.9 Å². The molecule has 0 radical (unpaired) electrons. The van der Waals surface area contributed by atoms with E-state index >= 15 is 0 Å². The fourth-order valence-electron chi connectivity index (χ4n) is 3.23. The molecule has 3 heteroatoms. The zero-order valence-electron chi connectivity index (χ0n) is 12.4. The molecule has 2 N–H and O–H groups in total. The molecule has 0 bridgehead atoms. The molecule has 0 amide bonds. The normalized spacial score (nSPS) is 19.9. The first-order chi connectivity index (χ1) is 9.83. The maximum atomic E-state index is 6.08. The number of nitrogens with two attached hydrogens (primary N) is 1. The highest BCUT2D eigenvalue weighted by atomic mass is 15.2. The number of para-hydroxylation sites is 1. The van der Waals surface area contributed by atoms with Crippen LogP contribution in [-0.4, -0.2) is 42.0 Å². The summed E-state index contributed by atoms with van der Waals surface area (Å²) in [6, 6.07) is 9.12. The molecule has 110 valence electrons. The second kappa shape index (κ2) is 6.59. The highest BCUT2D eigenvalue weighted by Crippen LogP contribution is 2.29. The molecule has 1 saturated heterocycles. The monoisotopic (exact) mass is 273 g/mol. The van der Waals surface area contributed by atoms with Crippen LogP contribution in [0.15, 0.2) is 24.3 Å². The summed E-state index contributed by atoms with van der Waals surface area (Å²) in [6.45, 7) is 6.14. The van der Waals surface area contributed by atoms with Crippen LogP contribution in [0, 0.1) is 0 Å². The Morgan fingerprint density at radius 3 is 2.60 bits per heavy atom. The number of benzene rings is 1. The first kappa shape index (κ1) is 13.9. The van der Waals surface area contributed by atoms with Gasteiger partial charge >= 0.3 is 0 Å². The summed E-state index contributed by atoms with van der Waals surface area (Å²) >= 11 is 0. The predicted molar refractivity (Wildman–Crippen MR) is 84.6 cm³/mol. The highest BCUT2D eigenvalue weighted by molar-refractivity contribution is 5.46. The molecule has 1 aliphatic carbocycles. The SMILES string of the molecule is Nc1ccccc1CN(CCCN1CCCC1)C1CC1. The van der Waals surface area contributed by atoms with E-state index in [0.717, 1.165) is 18.3 Å². The molecule has 3 rings (SSSR count). The van der Waals surface area contributed by atoms with Crippen molar-refractivity contribution in [2.45, 2.75) is 44.7 Å². The molecular weight excluding hydrogens is 246 g/mol. The first-order valence-corrected chi connectivity index (χ1v) is 8.13. The molecule has 1 saturated carbocycles. The molecule has 3 nitrogen and oxygen atoms in total. The van der Waals surface area contributed by atoms with E-state index in [4.69, 9.17) is 5.73 Å². The summed E-state index contributed by atoms with van der Waals surface area (Å²) in [5.74, 6) is 0. The Morgan fingerprint density at radius 1 is 1.15 bits per heavy atom. The Labute approximate surface area is 122 Å². The van der Waals surface area contributed by atoms with E-state index in [1.165, 1.54) is 63.8 Å². The second-order valence-electron chi connectivity index (χ2n) is 6.30. The lowest BCUT2D eigenvalue weighted by Gasteiger charge is -2.24. The summed E-state index contributed by atoms with van der Waals surface area (Å²) in [5.41, 5.74) is 8.32. The van der Waals surface area contributed by atoms with E-state index in [1.54, 1.807) is 0 Å². The van der Waals surface area contributed by atoms with Gasteiger partial charge in [-0.3, -0.25) is 4.90 Å². The van der Waals surface area contributed by atoms with Crippen molar-refractivity contribution in [2.24, 2.45) is 0 Å². The minimum atomic E-state index is 0.813. The van der Waals surface area contributed by atoms with E-state index in [1.807, 2.05) is 12.1 Å². The van der Waals surface area contributed by atoms with Crippen LogP contribution in [-0.2, 0) is 6.54 Å². The van der Waals surface area contributed by atoms with Gasteiger partial charge in [0.15, 0.2) is 0 Å². The maximum absolute atomic E-state index is 6.08. The lowest BCUT2D eigenvalue weighted by atomic mass is 10.1. The Bertz CT molecular complexity index is 422. The quantitative estimate of drug-likeness (QED) is 0.775. The first-order valence-electron chi connectivity index (χ1n) is 8.13. The van der Waals surface area contributed by atoms with Gasteiger partial charge in [0.2, 0.25) is 0 Å². The molecule has 0 spiro atoms. The van der Waals surface area contributed by atoms with Gasteiger partial charge in [-0.2, -0.15) is 0 Å². The summed E-state index contributed by atoms with van der Waals surface area (Å²) in [5, 5.41) is 0. The van der Waals surface area contributed by atoms with E-state index in [0.29, 0.717) is 0 Å². The van der Waals surface area contributed by atoms with E-state index in [9.17, 15) is 0 Å². The van der Waals surface area contributed by atoms with Gasteiger partial charge in [-0.1, -0.05) is 18.2 Å². The second-order valence-corrected chi connectivity index (χ2v) is 6.30. The molecule has 1 aromatic rings. The minimum absolute atomic E-state index is 0.813. The molecule has 1 aliphatic heterocycles. The number of rotatable bonds is 7. The number of nitrogen functional groups attached to an aromatic ring is 1. The Balaban J connectivity index is 1.49. The third kappa shape index (κ3) is 3.74. The molecule has 2 fully saturated rings. The summed E-state index contributed by atoms with van der Waals surface area (Å²) in [4.78, 5) is 5.25. The Hall–Kier alpha value is -1.06. The van der Waals surface area contributed by atoms with Crippen molar-refractivity contribution < 1.29 is 0 Å². The largest absolute Gasteiger partial charge is 0.398 e. The standard InChI is InChI=1S/C17H27N3/c18-17-7-2-1-6-15(17)14-20(16-8-9-16)13-5-12-19-10-3-4-11-19/h1-2,6-7,16H,3-5,8-14,18H2. The van der Waals surface area contributed by atoms with Crippen molar-refractivity contribution in [3.8, 4) is 0 Å². The van der Waals surface area contributed by atoms with Crippen LogP contribution in [0.1, 0.15) is 37.7 Å². The lowest BCUT2D eigenvalue weighted by Crippen LogP contribution is -2.30. The van der Waals surface area contributed by atoms with Crippen molar-refractivity contribution >= 4 is 5.69 Å². The maximum Gasteiger partial charge on any atom is 0.0359 e. The van der Waals surface area contributed by atoms with E-state index < -0.39 is 0 Å². The summed E-state index contributed by atoms with van der Waals surface area (Å²) in [7, 11) is 0. The molecule has 0 atom stereocenters. The van der Waals surface area contributed by atoms with Crippen LogP contribution >= 0.6 is 0 Å². The summed E-state index contributed by atoms with van der Waals surface area (Å²) < 4.78 is 0. The minimum Gasteiger partial charge on any atom is -0.398 e. The summed E-state index contributed by atoms with van der Waals surface area (Å²) in [6.07, 6.45) is 6.83. The number of hydrogen-bond donors (Lipinski definition) is 1. The van der Waals surface area contributed by atoms with E-state index in [-0.39, 0.29) is 0 Å². The smallest absolute Gasteiger partial charge is 0.0359 e. The number of anilines is 1. The van der Waals surface area contributed by atoms with Crippen LogP contribution in [0.3, 0.4) is 0 Å². The van der Waals surface area contributed by atoms with Crippen LogP contribution in [0.25, 0.3) is 0 Å². The zero-order chi connectivity index (χ0) is 13.8. The van der Waals surface area contributed by atoms with Gasteiger partial charge in [-0.05, 0) is 69.9 Å². The molecular formula is C17H27N3. The number of nitrogens with zero attached hydrogens (tertiary/aromatic N) is 2. The fraction of sp³-hybridized carbons (Fsp3) is 0.647. The Kier molecular flexibility index (Phi) is 4.58. The third-order valence-corrected chi connectivity index (χ3v) is 4.61. The fourth-order valence-corrected chi connectivity index (χ4v) is 3.23. The number of hydrogen-bond acceptors (Lipinski definition) is 3. The third-order valence-electron chi connectivity index (χ3n) is 4.61. The van der Waals surface area contributed by atoms with Gasteiger partial charge in [-0.25, -0.2) is 0 Å². The van der Waals surface area contributed by atoms with Crippen molar-refractivity contribution in [1.82, 2.24) is 9.80 Å². The van der Waals surface area contributed by atoms with Crippen LogP contribution in [0.4, 0.5) is 5.69 Å². The highest BCUT2D eigenvalue weighted by Gasteiger charge is 2.28.